The lowest BCUT2D eigenvalue weighted by Crippen LogP contribution is -2.50. The van der Waals surface area contributed by atoms with Crippen LogP contribution < -0.4 is 16.4 Å². The second kappa shape index (κ2) is 6.08. The molecular formula is C14H25N3O2S. The quantitative estimate of drug-likeness (QED) is 0.538. The van der Waals surface area contributed by atoms with Gasteiger partial charge in [0.05, 0.1) is 11.5 Å². The maximum absolute atomic E-state index is 11.8. The Morgan fingerprint density at radius 3 is 2.10 bits per heavy atom. The molecule has 1 fully saturated rings. The van der Waals surface area contributed by atoms with Gasteiger partial charge in [-0.25, -0.2) is 0 Å². The van der Waals surface area contributed by atoms with Gasteiger partial charge in [-0.05, 0) is 30.1 Å². The van der Waals surface area contributed by atoms with E-state index in [9.17, 15) is 9.59 Å². The van der Waals surface area contributed by atoms with Gasteiger partial charge in [-0.3, -0.25) is 9.59 Å². The maximum Gasteiger partial charge on any atom is 0.309 e. The first kappa shape index (κ1) is 16.9. The number of carbonyl (C=O) groups is 2. The van der Waals surface area contributed by atoms with E-state index < -0.39 is 11.8 Å². The zero-order valence-electron chi connectivity index (χ0n) is 12.7. The van der Waals surface area contributed by atoms with Crippen LogP contribution in [0.5, 0.6) is 0 Å². The first-order valence-corrected chi connectivity index (χ1v) is 7.29. The Bertz CT molecular complexity index is 403. The molecule has 0 aromatic heterocycles. The van der Waals surface area contributed by atoms with Crippen molar-refractivity contribution < 1.29 is 9.59 Å². The van der Waals surface area contributed by atoms with E-state index in [4.69, 9.17) is 5.73 Å². The molecule has 0 bridgehead atoms. The molecule has 0 heterocycles. The Labute approximate surface area is 126 Å². The van der Waals surface area contributed by atoms with E-state index in [0.717, 1.165) is 19.3 Å². The molecule has 0 atom stereocenters. The summed E-state index contributed by atoms with van der Waals surface area (Å²) in [5, 5.41) is 5.21. The van der Waals surface area contributed by atoms with Crippen LogP contribution in [0.4, 0.5) is 0 Å². The van der Waals surface area contributed by atoms with Gasteiger partial charge in [0.25, 0.3) is 0 Å². The number of carbonyl (C=O) groups excluding carboxylic acids is 2. The molecule has 0 aromatic rings. The maximum atomic E-state index is 11.8. The summed E-state index contributed by atoms with van der Waals surface area (Å²) in [7, 11) is 0. The number of rotatable bonds is 3. The van der Waals surface area contributed by atoms with Gasteiger partial charge in [0.2, 0.25) is 0 Å². The number of hydrogen-bond donors (Lipinski definition) is 3. The summed E-state index contributed by atoms with van der Waals surface area (Å²) in [6.07, 6.45) is 2.87. The van der Waals surface area contributed by atoms with Crippen molar-refractivity contribution in [2.75, 3.05) is 6.54 Å². The SMILES string of the molecule is CC1(C)CC(NC(=O)C(=O)NCC(N)=S)CC(C)(C)C1. The highest BCUT2D eigenvalue weighted by molar-refractivity contribution is 7.80. The summed E-state index contributed by atoms with van der Waals surface area (Å²) in [5.74, 6) is -1.29. The van der Waals surface area contributed by atoms with Crippen molar-refractivity contribution in [2.45, 2.75) is 53.0 Å². The third-order valence-corrected chi connectivity index (χ3v) is 3.66. The lowest BCUT2D eigenvalue weighted by atomic mass is 9.63. The minimum absolute atomic E-state index is 0.0248. The molecule has 0 aromatic carbocycles. The second-order valence-electron chi connectivity index (χ2n) is 7.23. The molecule has 1 aliphatic rings. The van der Waals surface area contributed by atoms with Crippen LogP contribution in [-0.4, -0.2) is 29.4 Å². The van der Waals surface area contributed by atoms with Crippen molar-refractivity contribution in [3.8, 4) is 0 Å². The van der Waals surface area contributed by atoms with Gasteiger partial charge in [0.15, 0.2) is 0 Å². The molecule has 6 heteroatoms. The standard InChI is InChI=1S/C14H25N3O2S/c1-13(2)5-9(6-14(3,4)8-13)17-12(19)11(18)16-7-10(15)20/h9H,5-8H2,1-4H3,(H2,15,20)(H,16,18)(H,17,19). The predicted molar refractivity (Wildman–Crippen MR) is 83.1 cm³/mol. The van der Waals surface area contributed by atoms with Gasteiger partial charge in [0.1, 0.15) is 0 Å². The topological polar surface area (TPSA) is 84.2 Å². The summed E-state index contributed by atoms with van der Waals surface area (Å²) >= 11 is 4.65. The summed E-state index contributed by atoms with van der Waals surface area (Å²) in [5.41, 5.74) is 5.60. The van der Waals surface area contributed by atoms with Crippen LogP contribution in [-0.2, 0) is 9.59 Å². The minimum Gasteiger partial charge on any atom is -0.392 e. The Hall–Kier alpha value is -1.17. The Morgan fingerprint density at radius 1 is 1.15 bits per heavy atom. The molecule has 2 amide bonds. The summed E-state index contributed by atoms with van der Waals surface area (Å²) < 4.78 is 0. The zero-order valence-corrected chi connectivity index (χ0v) is 13.5. The van der Waals surface area contributed by atoms with Crippen LogP contribution in [0.25, 0.3) is 0 Å². The molecule has 5 nitrogen and oxygen atoms in total. The molecule has 0 unspecified atom stereocenters. The smallest absolute Gasteiger partial charge is 0.309 e. The van der Waals surface area contributed by atoms with Crippen molar-refractivity contribution in [1.29, 1.82) is 0 Å². The molecule has 0 radical (unpaired) electrons. The highest BCUT2D eigenvalue weighted by Crippen LogP contribution is 2.45. The fourth-order valence-corrected chi connectivity index (χ4v) is 3.52. The normalized spacial score (nSPS) is 21.0. The third kappa shape index (κ3) is 5.45. The Morgan fingerprint density at radius 2 is 1.65 bits per heavy atom. The van der Waals surface area contributed by atoms with Gasteiger partial charge in [-0.1, -0.05) is 39.9 Å². The Kier molecular flexibility index (Phi) is 5.13. The van der Waals surface area contributed by atoms with Gasteiger partial charge in [-0.15, -0.1) is 0 Å². The highest BCUT2D eigenvalue weighted by Gasteiger charge is 2.39. The van der Waals surface area contributed by atoms with E-state index in [1.54, 1.807) is 0 Å². The van der Waals surface area contributed by atoms with E-state index in [1.165, 1.54) is 0 Å². The zero-order chi connectivity index (χ0) is 15.6. The van der Waals surface area contributed by atoms with E-state index in [0.29, 0.717) is 0 Å². The van der Waals surface area contributed by atoms with Crippen LogP contribution in [0, 0.1) is 10.8 Å². The van der Waals surface area contributed by atoms with Crippen molar-refractivity contribution >= 4 is 29.0 Å². The van der Waals surface area contributed by atoms with Gasteiger partial charge in [0, 0.05) is 6.04 Å². The molecule has 114 valence electrons. The molecule has 0 spiro atoms. The molecule has 1 rings (SSSR count). The monoisotopic (exact) mass is 299 g/mol. The molecule has 1 aliphatic carbocycles. The average Bonchev–Trinajstić information content (AvgIpc) is 2.20. The first-order chi connectivity index (χ1) is 9.01. The predicted octanol–water partition coefficient (Wildman–Crippen LogP) is 1.11. The largest absolute Gasteiger partial charge is 0.392 e. The van der Waals surface area contributed by atoms with E-state index in [2.05, 4.69) is 50.5 Å². The van der Waals surface area contributed by atoms with E-state index in [-0.39, 0.29) is 28.4 Å². The van der Waals surface area contributed by atoms with Gasteiger partial charge in [-0.2, -0.15) is 0 Å². The van der Waals surface area contributed by atoms with Crippen LogP contribution in [0.3, 0.4) is 0 Å². The molecule has 4 N–H and O–H groups in total. The van der Waals surface area contributed by atoms with Crippen LogP contribution >= 0.6 is 12.2 Å². The van der Waals surface area contributed by atoms with Crippen LogP contribution in [0.15, 0.2) is 0 Å². The molecule has 1 saturated carbocycles. The number of hydrogen-bond acceptors (Lipinski definition) is 3. The number of thiocarbonyl (C=S) groups is 1. The third-order valence-electron chi connectivity index (χ3n) is 3.52. The van der Waals surface area contributed by atoms with Gasteiger partial charge < -0.3 is 16.4 Å². The molecule has 0 aliphatic heterocycles. The number of amides is 2. The lowest BCUT2D eigenvalue weighted by Gasteiger charge is -2.45. The van der Waals surface area contributed by atoms with Crippen molar-refractivity contribution in [3.05, 3.63) is 0 Å². The second-order valence-corrected chi connectivity index (χ2v) is 7.76. The number of nitrogens with two attached hydrogens (primary N) is 1. The van der Waals surface area contributed by atoms with Crippen LogP contribution in [0.1, 0.15) is 47.0 Å². The Balaban J connectivity index is 2.57. The van der Waals surface area contributed by atoms with Crippen molar-refractivity contribution in [1.82, 2.24) is 10.6 Å². The summed E-state index contributed by atoms with van der Waals surface area (Å²) in [4.78, 5) is 23.6. The lowest BCUT2D eigenvalue weighted by molar-refractivity contribution is -0.140. The van der Waals surface area contributed by atoms with E-state index in [1.807, 2.05) is 0 Å². The van der Waals surface area contributed by atoms with E-state index >= 15 is 0 Å². The highest BCUT2D eigenvalue weighted by atomic mass is 32.1. The average molecular weight is 299 g/mol. The first-order valence-electron chi connectivity index (χ1n) is 6.88. The minimum atomic E-state index is -0.681. The van der Waals surface area contributed by atoms with Crippen molar-refractivity contribution in [3.63, 3.8) is 0 Å². The fraction of sp³-hybridized carbons (Fsp3) is 0.786. The fourth-order valence-electron chi connectivity index (χ4n) is 3.45. The molecular weight excluding hydrogens is 274 g/mol. The molecule has 0 saturated heterocycles. The summed E-state index contributed by atoms with van der Waals surface area (Å²) in [6.45, 7) is 8.82. The molecule has 20 heavy (non-hydrogen) atoms. The number of nitrogens with one attached hydrogen (secondary N) is 2. The van der Waals surface area contributed by atoms with Crippen molar-refractivity contribution in [2.24, 2.45) is 16.6 Å². The van der Waals surface area contributed by atoms with Gasteiger partial charge >= 0.3 is 11.8 Å². The van der Waals surface area contributed by atoms with Crippen LogP contribution in [0.2, 0.25) is 0 Å². The summed E-state index contributed by atoms with van der Waals surface area (Å²) in [6, 6.07) is 0.0248.